The van der Waals surface area contributed by atoms with Gasteiger partial charge in [-0.1, -0.05) is 215 Å². The fourth-order valence-electron chi connectivity index (χ4n) is 6.98. The lowest BCUT2D eigenvalue weighted by molar-refractivity contribution is -0.167. The van der Waals surface area contributed by atoms with Gasteiger partial charge >= 0.3 is 17.9 Å². The number of ether oxygens (including phenoxy) is 3. The van der Waals surface area contributed by atoms with Crippen molar-refractivity contribution in [3.63, 3.8) is 0 Å². The molecule has 0 bridgehead atoms. The van der Waals surface area contributed by atoms with Crippen LogP contribution >= 0.6 is 0 Å². The molecule has 0 aliphatic heterocycles. The molecule has 0 aromatic heterocycles. The molecule has 0 saturated heterocycles. The Morgan fingerprint density at radius 3 is 1.06 bits per heavy atom. The largest absolute Gasteiger partial charge is 0.462 e. The maximum atomic E-state index is 12.8. The van der Waals surface area contributed by atoms with Gasteiger partial charge in [-0.2, -0.15) is 0 Å². The summed E-state index contributed by atoms with van der Waals surface area (Å²) >= 11 is 0. The maximum absolute atomic E-state index is 12.8. The van der Waals surface area contributed by atoms with Gasteiger partial charge in [0.1, 0.15) is 13.2 Å². The van der Waals surface area contributed by atoms with Gasteiger partial charge in [0.2, 0.25) is 0 Å². The number of esters is 3. The summed E-state index contributed by atoms with van der Waals surface area (Å²) in [5.74, 6) is -0.973. The highest BCUT2D eigenvalue weighted by atomic mass is 16.6. The molecule has 6 nitrogen and oxygen atoms in total. The fraction of sp³-hybridized carbons (Fsp3) is 0.702. The number of carbonyl (C=O) groups is 3. The Labute approximate surface area is 388 Å². The highest BCUT2D eigenvalue weighted by Gasteiger charge is 2.19. The average Bonchev–Trinajstić information content (AvgIpc) is 3.28. The molecule has 0 aliphatic rings. The normalized spacial score (nSPS) is 12.7. The zero-order valence-corrected chi connectivity index (χ0v) is 41.1. The van der Waals surface area contributed by atoms with Crippen molar-refractivity contribution in [1.29, 1.82) is 0 Å². The molecule has 0 N–H and O–H groups in total. The van der Waals surface area contributed by atoms with E-state index in [-0.39, 0.29) is 37.5 Å². The van der Waals surface area contributed by atoms with Gasteiger partial charge in [0.25, 0.3) is 0 Å². The van der Waals surface area contributed by atoms with Gasteiger partial charge in [-0.15, -0.1) is 0 Å². The lowest BCUT2D eigenvalue weighted by atomic mass is 10.0. The average molecular weight is 877 g/mol. The van der Waals surface area contributed by atoms with Crippen molar-refractivity contribution in [3.05, 3.63) is 85.1 Å². The fourth-order valence-corrected chi connectivity index (χ4v) is 6.98. The maximum Gasteiger partial charge on any atom is 0.306 e. The summed E-state index contributed by atoms with van der Waals surface area (Å²) in [5.41, 5.74) is 0. The van der Waals surface area contributed by atoms with Crippen LogP contribution in [0.3, 0.4) is 0 Å². The van der Waals surface area contributed by atoms with Gasteiger partial charge < -0.3 is 14.2 Å². The van der Waals surface area contributed by atoms with Crippen LogP contribution in [0.4, 0.5) is 0 Å². The predicted molar refractivity (Wildman–Crippen MR) is 270 cm³/mol. The van der Waals surface area contributed by atoms with Crippen molar-refractivity contribution >= 4 is 17.9 Å². The zero-order valence-electron chi connectivity index (χ0n) is 41.1. The lowest BCUT2D eigenvalue weighted by Crippen LogP contribution is -2.30. The van der Waals surface area contributed by atoms with E-state index in [0.29, 0.717) is 19.3 Å². The summed E-state index contributed by atoms with van der Waals surface area (Å²) in [4.78, 5) is 38.0. The van der Waals surface area contributed by atoms with Crippen LogP contribution in [-0.2, 0) is 28.6 Å². The van der Waals surface area contributed by atoms with E-state index in [1.54, 1.807) is 0 Å². The monoisotopic (exact) mass is 877 g/mol. The third-order valence-electron chi connectivity index (χ3n) is 10.9. The van der Waals surface area contributed by atoms with Gasteiger partial charge in [0.05, 0.1) is 0 Å². The molecule has 0 aliphatic carbocycles. The van der Waals surface area contributed by atoms with E-state index in [0.717, 1.165) is 103 Å². The first-order valence-corrected chi connectivity index (χ1v) is 26.1. The van der Waals surface area contributed by atoms with Crippen molar-refractivity contribution < 1.29 is 28.6 Å². The Balaban J connectivity index is 4.50. The molecule has 0 rings (SSSR count). The number of allylic oxidation sites excluding steroid dienone is 14. The molecule has 0 heterocycles. The molecular weight excluding hydrogens is 781 g/mol. The summed E-state index contributed by atoms with van der Waals surface area (Å²) < 4.78 is 16.7. The van der Waals surface area contributed by atoms with Crippen molar-refractivity contribution in [2.24, 2.45) is 0 Å². The van der Waals surface area contributed by atoms with Gasteiger partial charge in [0.15, 0.2) is 6.10 Å². The van der Waals surface area contributed by atoms with Crippen LogP contribution in [0, 0.1) is 0 Å². The highest BCUT2D eigenvalue weighted by Crippen LogP contribution is 2.14. The van der Waals surface area contributed by atoms with E-state index >= 15 is 0 Å². The molecule has 360 valence electrons. The molecule has 0 saturated carbocycles. The molecular formula is C57H96O6. The molecule has 0 radical (unpaired) electrons. The second-order valence-corrected chi connectivity index (χ2v) is 17.1. The Bertz CT molecular complexity index is 1240. The smallest absolute Gasteiger partial charge is 0.306 e. The summed E-state index contributed by atoms with van der Waals surface area (Å²) in [5, 5.41) is 0. The predicted octanol–water partition coefficient (Wildman–Crippen LogP) is 17.2. The summed E-state index contributed by atoms with van der Waals surface area (Å²) in [7, 11) is 0. The van der Waals surface area contributed by atoms with Gasteiger partial charge in [-0.25, -0.2) is 0 Å². The van der Waals surface area contributed by atoms with Crippen LogP contribution < -0.4 is 0 Å². The number of hydrogen-bond acceptors (Lipinski definition) is 6. The summed E-state index contributed by atoms with van der Waals surface area (Å²) in [6.07, 6.45) is 65.7. The van der Waals surface area contributed by atoms with E-state index < -0.39 is 6.10 Å². The molecule has 0 unspecified atom stereocenters. The van der Waals surface area contributed by atoms with Gasteiger partial charge in [-0.05, 0) is 89.9 Å². The third kappa shape index (κ3) is 49.5. The first kappa shape index (κ1) is 59.6. The SMILES string of the molecule is CC/C=C\C/C=C\C/C=C\C/C=C\C/C=C\CCCC(=O)OC[C@H](COC(=O)CCCCCCCCCCCCCCC)OC(=O)CCCCCCC/C=C\C/C=C\CCCCC. The molecule has 0 fully saturated rings. The van der Waals surface area contributed by atoms with Crippen LogP contribution in [0.25, 0.3) is 0 Å². The molecule has 0 spiro atoms. The number of carbonyl (C=O) groups excluding carboxylic acids is 3. The highest BCUT2D eigenvalue weighted by molar-refractivity contribution is 5.71. The van der Waals surface area contributed by atoms with Crippen LogP contribution in [0.2, 0.25) is 0 Å². The molecule has 0 amide bonds. The van der Waals surface area contributed by atoms with E-state index in [2.05, 4.69) is 106 Å². The Morgan fingerprint density at radius 1 is 0.333 bits per heavy atom. The second kappa shape index (κ2) is 51.2. The molecule has 6 heteroatoms. The van der Waals surface area contributed by atoms with Crippen LogP contribution in [0.15, 0.2) is 85.1 Å². The summed E-state index contributed by atoms with van der Waals surface area (Å²) in [6.45, 7) is 6.43. The Morgan fingerprint density at radius 2 is 0.635 bits per heavy atom. The van der Waals surface area contributed by atoms with E-state index in [1.165, 1.54) is 89.9 Å². The van der Waals surface area contributed by atoms with E-state index in [4.69, 9.17) is 14.2 Å². The van der Waals surface area contributed by atoms with Crippen molar-refractivity contribution in [2.75, 3.05) is 13.2 Å². The van der Waals surface area contributed by atoms with Crippen molar-refractivity contribution in [2.45, 2.75) is 245 Å². The Hall–Kier alpha value is -3.41. The molecule has 0 aromatic rings. The van der Waals surface area contributed by atoms with Gasteiger partial charge in [0, 0.05) is 19.3 Å². The topological polar surface area (TPSA) is 78.9 Å². The number of hydrogen-bond donors (Lipinski definition) is 0. The first-order valence-electron chi connectivity index (χ1n) is 26.1. The Kier molecular flexibility index (Phi) is 48.5. The van der Waals surface area contributed by atoms with Crippen molar-refractivity contribution in [1.82, 2.24) is 0 Å². The molecule has 63 heavy (non-hydrogen) atoms. The standard InChI is InChI=1S/C57H96O6/c1-4-7-10-13-16-19-22-25-27-28-30-32-35-38-41-44-47-50-56(59)62-53-54(52-61-55(58)49-46-43-40-37-34-31-24-21-18-15-12-9-6-3)63-57(60)51-48-45-42-39-36-33-29-26-23-20-17-14-11-8-5-2/h7,10,16-17,19-20,25-27,29-30,32,38,41,54H,4-6,8-9,11-15,18,21-24,28,31,33-37,39-40,42-53H2,1-3H3/b10-7-,19-16-,20-17-,27-25-,29-26-,32-30-,41-38-/t54-/m0/s1. The minimum atomic E-state index is -0.805. The third-order valence-corrected chi connectivity index (χ3v) is 10.9. The minimum absolute atomic E-state index is 0.0987. The summed E-state index contributed by atoms with van der Waals surface area (Å²) in [6, 6.07) is 0. The molecule has 1 atom stereocenters. The van der Waals surface area contributed by atoms with Crippen LogP contribution in [-0.4, -0.2) is 37.2 Å². The number of rotatable bonds is 46. The van der Waals surface area contributed by atoms with Crippen LogP contribution in [0.5, 0.6) is 0 Å². The van der Waals surface area contributed by atoms with Gasteiger partial charge in [-0.3, -0.25) is 14.4 Å². The quantitative estimate of drug-likeness (QED) is 0.0262. The van der Waals surface area contributed by atoms with E-state index in [1.807, 2.05) is 0 Å². The van der Waals surface area contributed by atoms with Crippen molar-refractivity contribution in [3.8, 4) is 0 Å². The lowest BCUT2D eigenvalue weighted by Gasteiger charge is -2.18. The van der Waals surface area contributed by atoms with E-state index in [9.17, 15) is 14.4 Å². The number of unbranched alkanes of at least 4 members (excludes halogenated alkanes) is 21. The second-order valence-electron chi connectivity index (χ2n) is 17.1. The minimum Gasteiger partial charge on any atom is -0.462 e. The van der Waals surface area contributed by atoms with Crippen LogP contribution in [0.1, 0.15) is 239 Å². The molecule has 0 aromatic carbocycles. The zero-order chi connectivity index (χ0) is 45.8. The first-order chi connectivity index (χ1) is 31.0.